The van der Waals surface area contributed by atoms with Crippen LogP contribution in [0.15, 0.2) is 29.3 Å². The van der Waals surface area contributed by atoms with Gasteiger partial charge in [0, 0.05) is 32.1 Å². The van der Waals surface area contributed by atoms with Gasteiger partial charge < -0.3 is 19.9 Å². The maximum Gasteiger partial charge on any atom is 0.191 e. The number of aromatic nitrogens is 3. The summed E-state index contributed by atoms with van der Waals surface area (Å²) in [6, 6.07) is 8.56. The van der Waals surface area contributed by atoms with E-state index in [9.17, 15) is 0 Å². The monoisotopic (exact) mass is 539 g/mol. The Labute approximate surface area is 201 Å². The van der Waals surface area contributed by atoms with Crippen molar-refractivity contribution in [1.82, 2.24) is 30.3 Å². The van der Waals surface area contributed by atoms with Gasteiger partial charge in [0.2, 0.25) is 0 Å². The fourth-order valence-corrected chi connectivity index (χ4v) is 4.51. The van der Waals surface area contributed by atoms with E-state index < -0.39 is 0 Å². The number of hydrogen-bond donors (Lipinski definition) is 2. The van der Waals surface area contributed by atoms with Crippen LogP contribution in [0.1, 0.15) is 48.9 Å². The molecule has 1 aromatic heterocycles. The Balaban J connectivity index is 0.00000272. The Morgan fingerprint density at radius 1 is 1.10 bits per heavy atom. The second-order valence-corrected chi connectivity index (χ2v) is 7.95. The number of aryl methyl sites for hydroxylation is 1. The average molecular weight is 539 g/mol. The van der Waals surface area contributed by atoms with Gasteiger partial charge in [0.25, 0.3) is 0 Å². The largest absolute Gasteiger partial charge is 0.496 e. The molecule has 1 fully saturated rings. The molecule has 0 saturated carbocycles. The minimum Gasteiger partial charge on any atom is -0.496 e. The number of nitrogens with zero attached hydrogens (tertiary/aromatic N) is 5. The summed E-state index contributed by atoms with van der Waals surface area (Å²) < 4.78 is 7.89. The van der Waals surface area contributed by atoms with Crippen LogP contribution in [0.4, 0.5) is 0 Å². The topological polar surface area (TPSA) is 79.6 Å². The number of fused-ring (bicyclic) bond motifs is 1. The Hall–Kier alpha value is -1.88. The summed E-state index contributed by atoms with van der Waals surface area (Å²) in [4.78, 5) is 6.96. The Morgan fingerprint density at radius 2 is 1.87 bits per heavy atom. The normalized spacial score (nSPS) is 17.5. The van der Waals surface area contributed by atoms with Gasteiger partial charge in [-0.1, -0.05) is 18.2 Å². The lowest BCUT2D eigenvalue weighted by Crippen LogP contribution is -2.42. The molecule has 31 heavy (non-hydrogen) atoms. The molecule has 1 aromatic carbocycles. The van der Waals surface area contributed by atoms with Crippen LogP contribution in [0.5, 0.6) is 5.75 Å². The highest BCUT2D eigenvalue weighted by atomic mass is 127. The minimum atomic E-state index is 0. The SMILES string of the molecule is CN=C(NCc1nnc2n1CCCC2)NCC(c1ccccc1OC)N1CCCC1.I. The van der Waals surface area contributed by atoms with E-state index in [2.05, 4.69) is 47.4 Å². The first-order valence-corrected chi connectivity index (χ1v) is 11.0. The zero-order valence-electron chi connectivity index (χ0n) is 18.5. The van der Waals surface area contributed by atoms with Crippen molar-refractivity contribution in [2.24, 2.45) is 4.99 Å². The average Bonchev–Trinajstić information content (AvgIpc) is 3.47. The highest BCUT2D eigenvalue weighted by Crippen LogP contribution is 2.31. The molecule has 4 rings (SSSR count). The van der Waals surface area contributed by atoms with Crippen LogP contribution in [0.2, 0.25) is 0 Å². The summed E-state index contributed by atoms with van der Waals surface area (Å²) >= 11 is 0. The second kappa shape index (κ2) is 11.7. The van der Waals surface area contributed by atoms with Crippen LogP contribution in [0, 0.1) is 0 Å². The van der Waals surface area contributed by atoms with Crippen molar-refractivity contribution >= 4 is 29.9 Å². The molecule has 3 heterocycles. The van der Waals surface area contributed by atoms with Crippen molar-refractivity contribution in [1.29, 1.82) is 0 Å². The number of ether oxygens (including phenoxy) is 1. The molecule has 170 valence electrons. The summed E-state index contributed by atoms with van der Waals surface area (Å²) in [5, 5.41) is 15.7. The molecule has 2 N–H and O–H groups in total. The number of aliphatic imine (C=N–C) groups is 1. The zero-order valence-corrected chi connectivity index (χ0v) is 20.8. The number of benzene rings is 1. The lowest BCUT2D eigenvalue weighted by Gasteiger charge is -2.30. The van der Waals surface area contributed by atoms with Crippen molar-refractivity contribution in [3.63, 3.8) is 0 Å². The van der Waals surface area contributed by atoms with Gasteiger partial charge in [-0.25, -0.2) is 0 Å². The first-order valence-electron chi connectivity index (χ1n) is 11.0. The van der Waals surface area contributed by atoms with Crippen LogP contribution in [0.3, 0.4) is 0 Å². The van der Waals surface area contributed by atoms with E-state index in [4.69, 9.17) is 4.74 Å². The lowest BCUT2D eigenvalue weighted by molar-refractivity contribution is 0.239. The van der Waals surface area contributed by atoms with Crippen LogP contribution in [0.25, 0.3) is 0 Å². The van der Waals surface area contributed by atoms with Crippen molar-refractivity contribution < 1.29 is 4.74 Å². The molecule has 0 bridgehead atoms. The van der Waals surface area contributed by atoms with Crippen LogP contribution in [-0.4, -0.2) is 59.4 Å². The number of halogens is 1. The van der Waals surface area contributed by atoms with E-state index in [1.807, 2.05) is 19.2 Å². The van der Waals surface area contributed by atoms with Crippen molar-refractivity contribution in [2.75, 3.05) is 33.8 Å². The van der Waals surface area contributed by atoms with Gasteiger partial charge in [-0.15, -0.1) is 34.2 Å². The number of rotatable bonds is 7. The predicted molar refractivity (Wildman–Crippen MR) is 133 cm³/mol. The molecule has 0 radical (unpaired) electrons. The lowest BCUT2D eigenvalue weighted by atomic mass is 10.0. The third kappa shape index (κ3) is 5.68. The molecule has 9 heteroatoms. The first kappa shape index (κ1) is 23.8. The second-order valence-electron chi connectivity index (χ2n) is 7.95. The van der Waals surface area contributed by atoms with Gasteiger partial charge in [-0.2, -0.15) is 0 Å². The van der Waals surface area contributed by atoms with Gasteiger partial charge >= 0.3 is 0 Å². The highest BCUT2D eigenvalue weighted by Gasteiger charge is 2.26. The number of hydrogen-bond acceptors (Lipinski definition) is 5. The molecular formula is C22H34IN7O. The highest BCUT2D eigenvalue weighted by molar-refractivity contribution is 14.0. The molecule has 2 aliphatic rings. The van der Waals surface area contributed by atoms with E-state index in [0.29, 0.717) is 6.54 Å². The van der Waals surface area contributed by atoms with Crippen LogP contribution in [-0.2, 0) is 19.5 Å². The van der Waals surface area contributed by atoms with E-state index in [1.54, 1.807) is 7.11 Å². The number of para-hydroxylation sites is 1. The first-order chi connectivity index (χ1) is 14.8. The maximum absolute atomic E-state index is 5.65. The predicted octanol–water partition coefficient (Wildman–Crippen LogP) is 2.74. The van der Waals surface area contributed by atoms with E-state index >= 15 is 0 Å². The van der Waals surface area contributed by atoms with Gasteiger partial charge in [-0.3, -0.25) is 9.89 Å². The van der Waals surface area contributed by atoms with E-state index in [-0.39, 0.29) is 30.0 Å². The maximum atomic E-state index is 5.65. The molecule has 8 nitrogen and oxygen atoms in total. The summed E-state index contributed by atoms with van der Waals surface area (Å²) in [5.74, 6) is 3.80. The molecular weight excluding hydrogens is 505 g/mol. The number of methoxy groups -OCH3 is 1. The summed E-state index contributed by atoms with van der Waals surface area (Å²) in [7, 11) is 3.55. The zero-order chi connectivity index (χ0) is 20.8. The number of likely N-dealkylation sites (tertiary alicyclic amines) is 1. The third-order valence-electron chi connectivity index (χ3n) is 6.12. The number of guanidine groups is 1. The van der Waals surface area contributed by atoms with Gasteiger partial charge in [-0.05, 0) is 44.8 Å². The summed E-state index contributed by atoms with van der Waals surface area (Å²) in [6.45, 7) is 4.62. The molecule has 1 unspecified atom stereocenters. The Kier molecular flexibility index (Phi) is 8.94. The van der Waals surface area contributed by atoms with E-state index in [1.165, 1.54) is 31.2 Å². The third-order valence-corrected chi connectivity index (χ3v) is 6.12. The Morgan fingerprint density at radius 3 is 2.65 bits per heavy atom. The van der Waals surface area contributed by atoms with Crippen molar-refractivity contribution in [2.45, 2.75) is 51.2 Å². The molecule has 1 atom stereocenters. The van der Waals surface area contributed by atoms with Gasteiger partial charge in [0.05, 0.1) is 19.7 Å². The molecule has 2 aromatic rings. The van der Waals surface area contributed by atoms with E-state index in [0.717, 1.165) is 56.0 Å². The fraction of sp³-hybridized carbons (Fsp3) is 0.591. The van der Waals surface area contributed by atoms with Crippen molar-refractivity contribution in [3.8, 4) is 5.75 Å². The molecule has 2 aliphatic heterocycles. The Bertz CT molecular complexity index is 863. The summed E-state index contributed by atoms with van der Waals surface area (Å²) in [5.41, 5.74) is 1.22. The van der Waals surface area contributed by atoms with Crippen LogP contribution < -0.4 is 15.4 Å². The molecule has 1 saturated heterocycles. The fourth-order valence-electron chi connectivity index (χ4n) is 4.51. The molecule has 0 spiro atoms. The quantitative estimate of drug-likeness (QED) is 0.320. The van der Waals surface area contributed by atoms with Crippen molar-refractivity contribution in [3.05, 3.63) is 41.5 Å². The van der Waals surface area contributed by atoms with Gasteiger partial charge in [0.15, 0.2) is 11.8 Å². The standard InChI is InChI=1S/C22H33N7O.HI/c1-23-22(25-16-21-27-26-20-11-5-6-14-29(20)21)24-15-18(28-12-7-8-13-28)17-9-3-4-10-19(17)30-2;/h3-4,9-10,18H,5-8,11-16H2,1-2H3,(H2,23,24,25);1H. The summed E-state index contributed by atoms with van der Waals surface area (Å²) in [6.07, 6.45) is 5.92. The van der Waals surface area contributed by atoms with Gasteiger partial charge in [0.1, 0.15) is 11.6 Å². The number of nitrogens with one attached hydrogen (secondary N) is 2. The smallest absolute Gasteiger partial charge is 0.191 e. The molecule has 0 amide bonds. The minimum absolute atomic E-state index is 0. The van der Waals surface area contributed by atoms with Crippen LogP contribution >= 0.6 is 24.0 Å². The molecule has 0 aliphatic carbocycles.